The Hall–Kier alpha value is -2.95. The van der Waals surface area contributed by atoms with Crippen molar-refractivity contribution in [1.29, 1.82) is 0 Å². The highest BCUT2D eigenvalue weighted by Crippen LogP contribution is 2.20. The van der Waals surface area contributed by atoms with Gasteiger partial charge in [0.25, 0.3) is 11.2 Å². The number of hydrogen-bond donors (Lipinski definition) is 0. The molecule has 0 saturated heterocycles. The summed E-state index contributed by atoms with van der Waals surface area (Å²) in [6.07, 6.45) is 0. The molecule has 0 bridgehead atoms. The molecular formula is C17H14N2O3. The summed E-state index contributed by atoms with van der Waals surface area (Å²) >= 11 is 0. The van der Waals surface area contributed by atoms with Gasteiger partial charge in [0.05, 0.1) is 17.0 Å². The predicted molar refractivity (Wildman–Crippen MR) is 85.1 cm³/mol. The smallest absolute Gasteiger partial charge is 0.270 e. The number of nitrogens with zero attached hydrogens (tertiary/aromatic N) is 2. The minimum Gasteiger partial charge on any atom is -0.304 e. The number of aromatic nitrogens is 1. The summed E-state index contributed by atoms with van der Waals surface area (Å²) in [6, 6.07) is 15.5. The number of pyridine rings is 1. The highest BCUT2D eigenvalue weighted by molar-refractivity contribution is 5.81. The molecule has 3 aromatic rings. The molecule has 0 aliphatic carbocycles. The molecule has 0 atom stereocenters. The van der Waals surface area contributed by atoms with E-state index in [1.165, 1.54) is 18.2 Å². The summed E-state index contributed by atoms with van der Waals surface area (Å²) in [5.41, 5.74) is 2.75. The topological polar surface area (TPSA) is 65.1 Å². The number of aryl methyl sites for hydroxylation is 1. The van der Waals surface area contributed by atoms with E-state index in [-0.39, 0.29) is 11.2 Å². The lowest BCUT2D eigenvalue weighted by Gasteiger charge is -2.11. The number of nitro benzene ring substituents is 1. The van der Waals surface area contributed by atoms with Crippen LogP contribution in [0.2, 0.25) is 0 Å². The molecule has 1 aromatic heterocycles. The second-order valence-electron chi connectivity index (χ2n) is 5.18. The third kappa shape index (κ3) is 2.48. The third-order valence-electron chi connectivity index (χ3n) is 3.77. The van der Waals surface area contributed by atoms with Crippen LogP contribution in [0.5, 0.6) is 0 Å². The molecule has 5 nitrogen and oxygen atoms in total. The van der Waals surface area contributed by atoms with Gasteiger partial charge in [0.1, 0.15) is 0 Å². The molecule has 0 saturated carbocycles. The molecular weight excluding hydrogens is 280 g/mol. The van der Waals surface area contributed by atoms with E-state index in [0.29, 0.717) is 17.4 Å². The number of non-ortho nitro benzene ring substituents is 1. The van der Waals surface area contributed by atoms with Crippen LogP contribution in [0.25, 0.3) is 10.9 Å². The fraction of sp³-hybridized carbons (Fsp3) is 0.118. The first-order valence-electron chi connectivity index (χ1n) is 6.89. The van der Waals surface area contributed by atoms with E-state index < -0.39 is 4.92 Å². The molecule has 0 unspecified atom stereocenters. The molecule has 0 N–H and O–H groups in total. The van der Waals surface area contributed by atoms with Crippen LogP contribution in [0.15, 0.2) is 59.4 Å². The SMILES string of the molecule is Cc1ccccc1Cn1c(=O)ccc2cc([N+](=O)[O-])ccc21. The Balaban J connectivity index is 2.16. The van der Waals surface area contributed by atoms with Crippen molar-refractivity contribution in [2.24, 2.45) is 0 Å². The molecule has 110 valence electrons. The molecule has 0 aliphatic rings. The zero-order valence-corrected chi connectivity index (χ0v) is 12.0. The van der Waals surface area contributed by atoms with Gasteiger partial charge in [-0.3, -0.25) is 14.9 Å². The fourth-order valence-electron chi connectivity index (χ4n) is 2.53. The molecule has 0 aliphatic heterocycles. The van der Waals surface area contributed by atoms with E-state index in [1.807, 2.05) is 31.2 Å². The van der Waals surface area contributed by atoms with Gasteiger partial charge in [0, 0.05) is 23.6 Å². The van der Waals surface area contributed by atoms with Crippen molar-refractivity contribution in [2.75, 3.05) is 0 Å². The molecule has 0 radical (unpaired) electrons. The van der Waals surface area contributed by atoms with Crippen LogP contribution in [0.1, 0.15) is 11.1 Å². The van der Waals surface area contributed by atoms with E-state index in [0.717, 1.165) is 11.1 Å². The van der Waals surface area contributed by atoms with Crippen LogP contribution in [0.3, 0.4) is 0 Å². The Morgan fingerprint density at radius 2 is 1.86 bits per heavy atom. The standard InChI is InChI=1S/C17H14N2O3/c1-12-4-2-3-5-14(12)11-18-16-8-7-15(19(21)22)10-13(16)6-9-17(18)20/h2-10H,11H2,1H3. The highest BCUT2D eigenvalue weighted by Gasteiger charge is 2.10. The van der Waals surface area contributed by atoms with Gasteiger partial charge in [-0.2, -0.15) is 0 Å². The Kier molecular flexibility index (Phi) is 3.47. The number of hydrogen-bond acceptors (Lipinski definition) is 3. The quantitative estimate of drug-likeness (QED) is 0.550. The van der Waals surface area contributed by atoms with Gasteiger partial charge in [0.15, 0.2) is 0 Å². The van der Waals surface area contributed by atoms with Crippen molar-refractivity contribution in [3.63, 3.8) is 0 Å². The summed E-state index contributed by atoms with van der Waals surface area (Å²) < 4.78 is 1.64. The molecule has 0 amide bonds. The van der Waals surface area contributed by atoms with Gasteiger partial charge in [0.2, 0.25) is 0 Å². The first-order chi connectivity index (χ1) is 10.6. The van der Waals surface area contributed by atoms with Crippen molar-refractivity contribution in [1.82, 2.24) is 4.57 Å². The summed E-state index contributed by atoms with van der Waals surface area (Å²) in [5, 5.41) is 11.6. The predicted octanol–water partition coefficient (Wildman–Crippen LogP) is 3.27. The van der Waals surface area contributed by atoms with Gasteiger partial charge in [-0.15, -0.1) is 0 Å². The molecule has 1 heterocycles. The van der Waals surface area contributed by atoms with Crippen LogP contribution in [0.4, 0.5) is 5.69 Å². The minimum atomic E-state index is -0.434. The summed E-state index contributed by atoms with van der Waals surface area (Å²) in [5.74, 6) is 0. The number of benzene rings is 2. The van der Waals surface area contributed by atoms with E-state index in [1.54, 1.807) is 16.7 Å². The fourth-order valence-corrected chi connectivity index (χ4v) is 2.53. The highest BCUT2D eigenvalue weighted by atomic mass is 16.6. The summed E-state index contributed by atoms with van der Waals surface area (Å²) in [7, 11) is 0. The molecule has 5 heteroatoms. The van der Waals surface area contributed by atoms with Crippen LogP contribution in [-0.2, 0) is 6.54 Å². The third-order valence-corrected chi connectivity index (χ3v) is 3.77. The largest absolute Gasteiger partial charge is 0.304 e. The Morgan fingerprint density at radius 1 is 1.09 bits per heavy atom. The second kappa shape index (κ2) is 5.44. The van der Waals surface area contributed by atoms with Gasteiger partial charge >= 0.3 is 0 Å². The van der Waals surface area contributed by atoms with E-state index in [4.69, 9.17) is 0 Å². The first-order valence-corrected chi connectivity index (χ1v) is 6.89. The number of nitro groups is 1. The molecule has 3 rings (SSSR count). The maximum Gasteiger partial charge on any atom is 0.270 e. The van der Waals surface area contributed by atoms with Crippen molar-refractivity contribution >= 4 is 16.6 Å². The monoisotopic (exact) mass is 294 g/mol. The average molecular weight is 294 g/mol. The zero-order valence-electron chi connectivity index (χ0n) is 12.0. The minimum absolute atomic E-state index is 0.0218. The van der Waals surface area contributed by atoms with Gasteiger partial charge in [-0.1, -0.05) is 24.3 Å². The molecule has 2 aromatic carbocycles. The van der Waals surface area contributed by atoms with E-state index in [9.17, 15) is 14.9 Å². The van der Waals surface area contributed by atoms with Crippen molar-refractivity contribution in [2.45, 2.75) is 13.5 Å². The normalized spacial score (nSPS) is 10.8. The maximum absolute atomic E-state index is 12.2. The van der Waals surface area contributed by atoms with Crippen LogP contribution < -0.4 is 5.56 Å². The molecule has 0 fully saturated rings. The first kappa shape index (κ1) is 14.0. The average Bonchev–Trinajstić information content (AvgIpc) is 2.51. The van der Waals surface area contributed by atoms with Crippen molar-refractivity contribution in [3.8, 4) is 0 Å². The van der Waals surface area contributed by atoms with E-state index >= 15 is 0 Å². The van der Waals surface area contributed by atoms with E-state index in [2.05, 4.69) is 0 Å². The lowest BCUT2D eigenvalue weighted by molar-refractivity contribution is -0.384. The van der Waals surface area contributed by atoms with Crippen LogP contribution in [-0.4, -0.2) is 9.49 Å². The van der Waals surface area contributed by atoms with Gasteiger partial charge in [-0.25, -0.2) is 0 Å². The number of fused-ring (bicyclic) bond motifs is 1. The lowest BCUT2D eigenvalue weighted by atomic mass is 10.1. The van der Waals surface area contributed by atoms with Gasteiger partial charge < -0.3 is 4.57 Å². The zero-order chi connectivity index (χ0) is 15.7. The lowest BCUT2D eigenvalue weighted by Crippen LogP contribution is -2.20. The second-order valence-corrected chi connectivity index (χ2v) is 5.18. The summed E-state index contributed by atoms with van der Waals surface area (Å²) in [4.78, 5) is 22.6. The number of rotatable bonds is 3. The Bertz CT molecular complexity index is 929. The molecule has 22 heavy (non-hydrogen) atoms. The van der Waals surface area contributed by atoms with Crippen molar-refractivity contribution < 1.29 is 4.92 Å². The summed E-state index contributed by atoms with van der Waals surface area (Å²) in [6.45, 7) is 2.44. The Morgan fingerprint density at radius 3 is 2.59 bits per heavy atom. The van der Waals surface area contributed by atoms with Crippen LogP contribution in [0, 0.1) is 17.0 Å². The Labute approximate surface area is 126 Å². The molecule has 0 spiro atoms. The van der Waals surface area contributed by atoms with Crippen LogP contribution >= 0.6 is 0 Å². The van der Waals surface area contributed by atoms with Crippen molar-refractivity contribution in [3.05, 3.63) is 86.2 Å². The van der Waals surface area contributed by atoms with Gasteiger partial charge in [-0.05, 0) is 30.2 Å². The maximum atomic E-state index is 12.2.